The molecule has 24 heavy (non-hydrogen) atoms. The number of hydrogen-bond donors (Lipinski definition) is 2. The third-order valence-corrected chi connectivity index (χ3v) is 4.35. The van der Waals surface area contributed by atoms with Gasteiger partial charge in [0.15, 0.2) is 0 Å². The van der Waals surface area contributed by atoms with E-state index in [0.717, 1.165) is 18.8 Å². The largest absolute Gasteiger partial charge is 0.497 e. The first-order valence-corrected chi connectivity index (χ1v) is 8.27. The second-order valence-corrected chi connectivity index (χ2v) is 6.00. The summed E-state index contributed by atoms with van der Waals surface area (Å²) in [5, 5.41) is 2.89. The van der Waals surface area contributed by atoms with Gasteiger partial charge in [0.1, 0.15) is 5.75 Å². The van der Waals surface area contributed by atoms with E-state index in [4.69, 9.17) is 10.5 Å². The van der Waals surface area contributed by atoms with E-state index < -0.39 is 0 Å². The summed E-state index contributed by atoms with van der Waals surface area (Å²) in [6.07, 6.45) is 3.80. The maximum atomic E-state index is 12.4. The van der Waals surface area contributed by atoms with Crippen LogP contribution in [-0.4, -0.2) is 26.1 Å². The third kappa shape index (κ3) is 3.62. The van der Waals surface area contributed by atoms with Crippen LogP contribution < -0.4 is 20.7 Å². The fourth-order valence-corrected chi connectivity index (χ4v) is 2.98. The molecule has 3 rings (SSSR count). The normalized spacial score (nSPS) is 14.3. The number of rotatable bonds is 4. The number of anilines is 3. The Morgan fingerprint density at radius 2 is 1.79 bits per heavy atom. The van der Waals surface area contributed by atoms with Gasteiger partial charge < -0.3 is 20.7 Å². The number of hydrogen-bond acceptors (Lipinski definition) is 4. The number of nitrogens with zero attached hydrogens (tertiary/aromatic N) is 1. The van der Waals surface area contributed by atoms with E-state index in [1.807, 2.05) is 12.1 Å². The Hall–Kier alpha value is -2.69. The Balaban J connectivity index is 1.68. The summed E-state index contributed by atoms with van der Waals surface area (Å²) in [4.78, 5) is 14.8. The lowest BCUT2D eigenvalue weighted by Crippen LogP contribution is -2.29. The molecule has 0 atom stereocenters. The number of nitrogens with one attached hydrogen (secondary N) is 1. The van der Waals surface area contributed by atoms with E-state index in [0.29, 0.717) is 17.0 Å². The second-order valence-electron chi connectivity index (χ2n) is 6.00. The highest BCUT2D eigenvalue weighted by molar-refractivity contribution is 6.07. The maximum Gasteiger partial charge on any atom is 0.257 e. The number of carbonyl (C=O) groups excluding carboxylic acids is 1. The van der Waals surface area contributed by atoms with Gasteiger partial charge in [-0.2, -0.15) is 0 Å². The molecule has 3 N–H and O–H groups in total. The van der Waals surface area contributed by atoms with Crippen LogP contribution in [-0.2, 0) is 0 Å². The lowest BCUT2D eigenvalue weighted by molar-refractivity contribution is 0.102. The Kier molecular flexibility index (Phi) is 4.89. The molecule has 1 amide bonds. The van der Waals surface area contributed by atoms with Crippen LogP contribution in [0.5, 0.6) is 5.75 Å². The van der Waals surface area contributed by atoms with E-state index in [1.165, 1.54) is 24.9 Å². The standard InChI is InChI=1S/C19H23N3O2/c1-24-16-9-10-17(18(20)13-16)19(23)21-14-5-7-15(8-6-14)22-11-3-2-4-12-22/h5-10,13H,2-4,11-12,20H2,1H3,(H,21,23). The number of methoxy groups -OCH3 is 1. The third-order valence-electron chi connectivity index (χ3n) is 4.35. The van der Waals surface area contributed by atoms with Gasteiger partial charge in [0.2, 0.25) is 0 Å². The number of nitrogen functional groups attached to an aromatic ring is 1. The van der Waals surface area contributed by atoms with Gasteiger partial charge in [-0.05, 0) is 55.7 Å². The molecule has 1 heterocycles. The van der Waals surface area contributed by atoms with Gasteiger partial charge in [0.05, 0.1) is 12.7 Å². The van der Waals surface area contributed by atoms with Crippen LogP contribution in [0.1, 0.15) is 29.6 Å². The van der Waals surface area contributed by atoms with Gasteiger partial charge in [0, 0.05) is 36.2 Å². The highest BCUT2D eigenvalue weighted by Gasteiger charge is 2.13. The summed E-state index contributed by atoms with van der Waals surface area (Å²) < 4.78 is 5.10. The van der Waals surface area contributed by atoms with E-state index in [9.17, 15) is 4.79 Å². The number of piperidine rings is 1. The van der Waals surface area contributed by atoms with Gasteiger partial charge in [-0.3, -0.25) is 4.79 Å². The quantitative estimate of drug-likeness (QED) is 0.844. The Labute approximate surface area is 142 Å². The van der Waals surface area contributed by atoms with Crippen molar-refractivity contribution in [2.75, 3.05) is 36.1 Å². The van der Waals surface area contributed by atoms with Crippen LogP contribution in [0.15, 0.2) is 42.5 Å². The SMILES string of the molecule is COc1ccc(C(=O)Nc2ccc(N3CCCCC3)cc2)c(N)c1. The summed E-state index contributed by atoms with van der Waals surface area (Å²) in [5.41, 5.74) is 8.73. The van der Waals surface area contributed by atoms with Crippen molar-refractivity contribution in [1.29, 1.82) is 0 Å². The van der Waals surface area contributed by atoms with Gasteiger partial charge >= 0.3 is 0 Å². The molecule has 1 aliphatic heterocycles. The van der Waals surface area contributed by atoms with Crippen LogP contribution >= 0.6 is 0 Å². The molecule has 0 aromatic heterocycles. The number of amides is 1. The minimum absolute atomic E-state index is 0.221. The van der Waals surface area contributed by atoms with E-state index >= 15 is 0 Å². The average molecular weight is 325 g/mol. The Morgan fingerprint density at radius 3 is 2.42 bits per heavy atom. The van der Waals surface area contributed by atoms with Crippen LogP contribution in [0.25, 0.3) is 0 Å². The fourth-order valence-electron chi connectivity index (χ4n) is 2.98. The van der Waals surface area contributed by atoms with Crippen LogP contribution in [0, 0.1) is 0 Å². The van der Waals surface area contributed by atoms with Crippen molar-refractivity contribution in [3.63, 3.8) is 0 Å². The predicted octanol–water partition coefficient (Wildman–Crippen LogP) is 3.52. The highest BCUT2D eigenvalue weighted by Crippen LogP contribution is 2.23. The first-order chi connectivity index (χ1) is 11.7. The molecule has 0 radical (unpaired) electrons. The molecule has 5 nitrogen and oxygen atoms in total. The number of benzene rings is 2. The van der Waals surface area contributed by atoms with Crippen LogP contribution in [0.4, 0.5) is 17.1 Å². The van der Waals surface area contributed by atoms with Crippen molar-refractivity contribution >= 4 is 23.0 Å². The first-order valence-electron chi connectivity index (χ1n) is 8.27. The zero-order valence-electron chi connectivity index (χ0n) is 13.9. The summed E-state index contributed by atoms with van der Waals surface area (Å²) in [6.45, 7) is 2.21. The smallest absolute Gasteiger partial charge is 0.257 e. The Morgan fingerprint density at radius 1 is 1.08 bits per heavy atom. The Bertz CT molecular complexity index is 707. The zero-order valence-corrected chi connectivity index (χ0v) is 13.9. The molecule has 1 aliphatic rings. The zero-order chi connectivity index (χ0) is 16.9. The fraction of sp³-hybridized carbons (Fsp3) is 0.316. The minimum Gasteiger partial charge on any atom is -0.497 e. The molecule has 1 fully saturated rings. The summed E-state index contributed by atoms with van der Waals surface area (Å²) in [5.74, 6) is 0.413. The van der Waals surface area contributed by atoms with Gasteiger partial charge in [-0.25, -0.2) is 0 Å². The summed E-state index contributed by atoms with van der Waals surface area (Å²) in [7, 11) is 1.57. The first kappa shape index (κ1) is 16.2. The number of carbonyl (C=O) groups is 1. The predicted molar refractivity (Wildman–Crippen MR) is 97.9 cm³/mol. The van der Waals surface area contributed by atoms with E-state index in [2.05, 4.69) is 22.3 Å². The summed E-state index contributed by atoms with van der Waals surface area (Å²) >= 11 is 0. The lowest BCUT2D eigenvalue weighted by atomic mass is 10.1. The van der Waals surface area contributed by atoms with E-state index in [-0.39, 0.29) is 5.91 Å². The maximum absolute atomic E-state index is 12.4. The minimum atomic E-state index is -0.221. The number of nitrogens with two attached hydrogens (primary N) is 1. The molecule has 5 heteroatoms. The molecular formula is C19H23N3O2. The van der Waals surface area contributed by atoms with Crippen LogP contribution in [0.2, 0.25) is 0 Å². The summed E-state index contributed by atoms with van der Waals surface area (Å²) in [6, 6.07) is 13.0. The second kappa shape index (κ2) is 7.25. The van der Waals surface area contributed by atoms with Crippen molar-refractivity contribution in [3.8, 4) is 5.75 Å². The van der Waals surface area contributed by atoms with Crippen molar-refractivity contribution in [1.82, 2.24) is 0 Å². The highest BCUT2D eigenvalue weighted by atomic mass is 16.5. The molecule has 0 spiro atoms. The molecule has 0 aliphatic carbocycles. The molecule has 126 valence electrons. The molecule has 0 bridgehead atoms. The van der Waals surface area contributed by atoms with Gasteiger partial charge in [-0.1, -0.05) is 0 Å². The number of ether oxygens (including phenoxy) is 1. The molecule has 2 aromatic carbocycles. The topological polar surface area (TPSA) is 67.6 Å². The molecule has 0 unspecified atom stereocenters. The van der Waals surface area contributed by atoms with Crippen LogP contribution in [0.3, 0.4) is 0 Å². The lowest BCUT2D eigenvalue weighted by Gasteiger charge is -2.28. The van der Waals surface area contributed by atoms with Crippen molar-refractivity contribution in [2.45, 2.75) is 19.3 Å². The van der Waals surface area contributed by atoms with Crippen molar-refractivity contribution in [3.05, 3.63) is 48.0 Å². The van der Waals surface area contributed by atoms with Crippen molar-refractivity contribution < 1.29 is 9.53 Å². The molecule has 1 saturated heterocycles. The van der Waals surface area contributed by atoms with Crippen molar-refractivity contribution in [2.24, 2.45) is 0 Å². The van der Waals surface area contributed by atoms with Gasteiger partial charge in [-0.15, -0.1) is 0 Å². The molecule has 2 aromatic rings. The van der Waals surface area contributed by atoms with Gasteiger partial charge in [0.25, 0.3) is 5.91 Å². The van der Waals surface area contributed by atoms with E-state index in [1.54, 1.807) is 25.3 Å². The molecule has 0 saturated carbocycles. The molecular weight excluding hydrogens is 302 g/mol. The average Bonchev–Trinajstić information content (AvgIpc) is 2.63. The monoisotopic (exact) mass is 325 g/mol.